The molecule has 0 aliphatic carbocycles. The van der Waals surface area contributed by atoms with E-state index in [0.717, 1.165) is 30.4 Å². The van der Waals surface area contributed by atoms with Gasteiger partial charge < -0.3 is 4.98 Å². The van der Waals surface area contributed by atoms with E-state index in [0.29, 0.717) is 0 Å². The number of rotatable bonds is 3. The normalized spacial score (nSPS) is 10.9. The van der Waals surface area contributed by atoms with Gasteiger partial charge in [-0.05, 0) is 18.6 Å². The van der Waals surface area contributed by atoms with Crippen LogP contribution in [-0.2, 0) is 6.54 Å². The van der Waals surface area contributed by atoms with Gasteiger partial charge in [0, 0.05) is 6.54 Å². The predicted octanol–water partition coefficient (Wildman–Crippen LogP) is 1.94. The first-order valence-electron chi connectivity index (χ1n) is 4.79. The molecule has 0 saturated carbocycles. The van der Waals surface area contributed by atoms with Gasteiger partial charge in [0.25, 0.3) is 0 Å². The highest BCUT2D eigenvalue weighted by Crippen LogP contribution is 2.09. The zero-order valence-corrected chi connectivity index (χ0v) is 7.99. The summed E-state index contributed by atoms with van der Waals surface area (Å²) in [5.41, 5.74) is 1.85. The van der Waals surface area contributed by atoms with Gasteiger partial charge in [-0.2, -0.15) is 0 Å². The Hall–Kier alpha value is -1.51. The fourth-order valence-electron chi connectivity index (χ4n) is 1.60. The standard InChI is InChI=1S/C11H13N2O/c1-2-3-8-13-10-7-5-4-6-9(10)12-11(13)14/h4-7H,1-3,8H2,(H,12,14). The maximum atomic E-state index is 11.5. The average molecular weight is 189 g/mol. The van der Waals surface area contributed by atoms with Gasteiger partial charge in [-0.3, -0.25) is 4.57 Å². The third-order valence-electron chi connectivity index (χ3n) is 2.31. The van der Waals surface area contributed by atoms with E-state index in [9.17, 15) is 4.79 Å². The molecule has 0 aliphatic heterocycles. The summed E-state index contributed by atoms with van der Waals surface area (Å²) in [6.07, 6.45) is 1.79. The fourth-order valence-corrected chi connectivity index (χ4v) is 1.60. The SMILES string of the molecule is [CH2]CCCn1c(=O)[nH]c2ccccc21. The van der Waals surface area contributed by atoms with Gasteiger partial charge in [0.05, 0.1) is 11.0 Å². The molecule has 0 spiro atoms. The lowest BCUT2D eigenvalue weighted by molar-refractivity contribution is 0.646. The van der Waals surface area contributed by atoms with Gasteiger partial charge in [-0.15, -0.1) is 0 Å². The number of aryl methyl sites for hydroxylation is 1. The highest BCUT2D eigenvalue weighted by Gasteiger charge is 2.03. The molecule has 1 aromatic carbocycles. The van der Waals surface area contributed by atoms with Crippen molar-refractivity contribution in [3.63, 3.8) is 0 Å². The highest BCUT2D eigenvalue weighted by molar-refractivity contribution is 5.74. The molecule has 0 fully saturated rings. The van der Waals surface area contributed by atoms with Gasteiger partial charge in [-0.25, -0.2) is 4.79 Å². The Kier molecular flexibility index (Phi) is 2.39. The van der Waals surface area contributed by atoms with Gasteiger partial charge >= 0.3 is 5.69 Å². The van der Waals surface area contributed by atoms with Crippen molar-refractivity contribution in [1.29, 1.82) is 0 Å². The van der Waals surface area contributed by atoms with Gasteiger partial charge in [-0.1, -0.05) is 25.5 Å². The topological polar surface area (TPSA) is 37.8 Å². The maximum Gasteiger partial charge on any atom is 0.326 e. The number of hydrogen-bond donors (Lipinski definition) is 1. The van der Waals surface area contributed by atoms with E-state index in [1.54, 1.807) is 4.57 Å². The third-order valence-corrected chi connectivity index (χ3v) is 2.31. The quantitative estimate of drug-likeness (QED) is 0.787. The molecule has 0 aliphatic rings. The largest absolute Gasteiger partial charge is 0.326 e. The number of fused-ring (bicyclic) bond motifs is 1. The van der Waals surface area contributed by atoms with Gasteiger partial charge in [0.1, 0.15) is 0 Å². The van der Waals surface area contributed by atoms with Gasteiger partial charge in [0.2, 0.25) is 0 Å². The number of nitrogens with one attached hydrogen (secondary N) is 1. The molecule has 0 bridgehead atoms. The van der Waals surface area contributed by atoms with Crippen LogP contribution in [0.1, 0.15) is 12.8 Å². The van der Waals surface area contributed by atoms with E-state index >= 15 is 0 Å². The van der Waals surface area contributed by atoms with Crippen LogP contribution in [0.5, 0.6) is 0 Å². The second kappa shape index (κ2) is 3.70. The number of para-hydroxylation sites is 2. The summed E-state index contributed by atoms with van der Waals surface area (Å²) in [5, 5.41) is 0. The number of aromatic nitrogens is 2. The first-order chi connectivity index (χ1) is 6.83. The third kappa shape index (κ3) is 1.45. The molecule has 1 N–H and O–H groups in total. The molecule has 73 valence electrons. The van der Waals surface area contributed by atoms with E-state index in [1.165, 1.54) is 0 Å². The summed E-state index contributed by atoms with van der Waals surface area (Å²) in [4.78, 5) is 14.4. The molecular weight excluding hydrogens is 176 g/mol. The lowest BCUT2D eigenvalue weighted by Crippen LogP contribution is -2.16. The molecule has 0 amide bonds. The van der Waals surface area contributed by atoms with E-state index in [2.05, 4.69) is 11.9 Å². The number of imidazole rings is 1. The van der Waals surface area contributed by atoms with E-state index < -0.39 is 0 Å². The zero-order chi connectivity index (χ0) is 9.97. The second-order valence-electron chi connectivity index (χ2n) is 3.31. The minimum absolute atomic E-state index is 0.0281. The van der Waals surface area contributed by atoms with Crippen LogP contribution in [0, 0.1) is 6.92 Å². The van der Waals surface area contributed by atoms with Crippen molar-refractivity contribution in [3.05, 3.63) is 41.7 Å². The number of hydrogen-bond acceptors (Lipinski definition) is 1. The first-order valence-corrected chi connectivity index (χ1v) is 4.79. The van der Waals surface area contributed by atoms with Crippen molar-refractivity contribution in [1.82, 2.24) is 9.55 Å². The number of unbranched alkanes of at least 4 members (excludes halogenated alkanes) is 1. The minimum Gasteiger partial charge on any atom is -0.306 e. The Morgan fingerprint density at radius 1 is 1.36 bits per heavy atom. The zero-order valence-electron chi connectivity index (χ0n) is 7.99. The number of nitrogens with zero attached hydrogens (tertiary/aromatic N) is 1. The smallest absolute Gasteiger partial charge is 0.306 e. The Morgan fingerprint density at radius 3 is 2.93 bits per heavy atom. The van der Waals surface area contributed by atoms with E-state index in [4.69, 9.17) is 0 Å². The predicted molar refractivity (Wildman–Crippen MR) is 57.1 cm³/mol. The molecule has 1 aromatic heterocycles. The molecule has 0 atom stereocenters. The summed E-state index contributed by atoms with van der Waals surface area (Å²) < 4.78 is 1.76. The molecule has 1 radical (unpaired) electrons. The van der Waals surface area contributed by atoms with Crippen LogP contribution in [-0.4, -0.2) is 9.55 Å². The summed E-state index contributed by atoms with van der Waals surface area (Å²) in [5.74, 6) is 0. The van der Waals surface area contributed by atoms with Crippen molar-refractivity contribution in [2.24, 2.45) is 0 Å². The van der Waals surface area contributed by atoms with Crippen LogP contribution in [0.15, 0.2) is 29.1 Å². The number of benzene rings is 1. The lowest BCUT2D eigenvalue weighted by Gasteiger charge is -2.00. The lowest BCUT2D eigenvalue weighted by atomic mass is 10.3. The summed E-state index contributed by atoms with van der Waals surface area (Å²) >= 11 is 0. The molecular formula is C11H13N2O. The summed E-state index contributed by atoms with van der Waals surface area (Å²) in [6.45, 7) is 4.51. The Bertz CT molecular complexity index is 481. The molecule has 3 heteroatoms. The minimum atomic E-state index is -0.0281. The van der Waals surface area contributed by atoms with Crippen LogP contribution in [0.3, 0.4) is 0 Å². The molecule has 3 nitrogen and oxygen atoms in total. The second-order valence-corrected chi connectivity index (χ2v) is 3.31. The van der Waals surface area contributed by atoms with Crippen LogP contribution in [0.25, 0.3) is 11.0 Å². The van der Waals surface area contributed by atoms with Gasteiger partial charge in [0.15, 0.2) is 0 Å². The Balaban J connectivity index is 2.51. The van der Waals surface area contributed by atoms with Crippen molar-refractivity contribution in [2.75, 3.05) is 0 Å². The van der Waals surface area contributed by atoms with Crippen molar-refractivity contribution >= 4 is 11.0 Å². The average Bonchev–Trinajstić information content (AvgIpc) is 2.51. The fraction of sp³-hybridized carbons (Fsp3) is 0.273. The molecule has 14 heavy (non-hydrogen) atoms. The molecule has 2 rings (SSSR count). The Labute approximate surface area is 82.4 Å². The monoisotopic (exact) mass is 189 g/mol. The maximum absolute atomic E-state index is 11.5. The first kappa shape index (κ1) is 9.06. The number of aromatic amines is 1. The van der Waals surface area contributed by atoms with Crippen molar-refractivity contribution in [2.45, 2.75) is 19.4 Å². The molecule has 2 aromatic rings. The number of H-pyrrole nitrogens is 1. The molecule has 1 heterocycles. The van der Waals surface area contributed by atoms with E-state index in [1.807, 2.05) is 24.3 Å². The van der Waals surface area contributed by atoms with Crippen molar-refractivity contribution in [3.8, 4) is 0 Å². The summed E-state index contributed by atoms with van der Waals surface area (Å²) in [6, 6.07) is 7.73. The highest BCUT2D eigenvalue weighted by atomic mass is 16.1. The van der Waals surface area contributed by atoms with Crippen LogP contribution >= 0.6 is 0 Å². The van der Waals surface area contributed by atoms with Crippen LogP contribution in [0.2, 0.25) is 0 Å². The van der Waals surface area contributed by atoms with Crippen LogP contribution in [0.4, 0.5) is 0 Å². The van der Waals surface area contributed by atoms with Crippen LogP contribution < -0.4 is 5.69 Å². The van der Waals surface area contributed by atoms with E-state index in [-0.39, 0.29) is 5.69 Å². The molecule has 0 saturated heterocycles. The summed E-state index contributed by atoms with van der Waals surface area (Å²) in [7, 11) is 0. The molecule has 0 unspecified atom stereocenters. The Morgan fingerprint density at radius 2 is 2.14 bits per heavy atom. The van der Waals surface area contributed by atoms with Crippen molar-refractivity contribution < 1.29 is 0 Å².